The Kier molecular flexibility index (Phi) is 5.56. The van der Waals surface area contributed by atoms with E-state index in [1.807, 2.05) is 53.4 Å². The number of hydrogen-bond acceptors (Lipinski definition) is 7. The van der Waals surface area contributed by atoms with Crippen molar-refractivity contribution >= 4 is 29.4 Å². The smallest absolute Gasteiger partial charge is 0.411 e. The first-order valence-corrected chi connectivity index (χ1v) is 10.1. The van der Waals surface area contributed by atoms with Crippen LogP contribution in [0.1, 0.15) is 37.7 Å². The summed E-state index contributed by atoms with van der Waals surface area (Å²) in [5, 5.41) is 2.78. The van der Waals surface area contributed by atoms with E-state index in [0.29, 0.717) is 11.6 Å². The van der Waals surface area contributed by atoms with Crippen molar-refractivity contribution < 1.29 is 9.53 Å². The van der Waals surface area contributed by atoms with Crippen molar-refractivity contribution in [2.75, 3.05) is 10.2 Å². The number of ether oxygens (including phenoxy) is 1. The molecule has 0 bridgehead atoms. The van der Waals surface area contributed by atoms with E-state index in [2.05, 4.69) is 15.3 Å². The van der Waals surface area contributed by atoms with Crippen molar-refractivity contribution in [3.63, 3.8) is 0 Å². The lowest BCUT2D eigenvalue weighted by molar-refractivity contribution is 0.155. The van der Waals surface area contributed by atoms with Crippen LogP contribution in [-0.4, -0.2) is 23.7 Å². The summed E-state index contributed by atoms with van der Waals surface area (Å²) in [6.07, 6.45) is 4.43. The highest BCUT2D eigenvalue weighted by atomic mass is 16.5. The molecular weight excluding hydrogens is 380 g/mol. The number of nitrogens with zero attached hydrogens (tertiary/aromatic N) is 3. The molecule has 8 nitrogen and oxygen atoms in total. The lowest BCUT2D eigenvalue weighted by Crippen LogP contribution is -2.58. The fraction of sp³-hybridized carbons (Fsp3) is 0.318. The first-order chi connectivity index (χ1) is 14.6. The maximum Gasteiger partial charge on any atom is 0.411 e. The molecule has 2 aliphatic rings. The molecule has 1 fully saturated rings. The molecule has 1 amide bonds. The zero-order valence-electron chi connectivity index (χ0n) is 16.8. The molecule has 5 N–H and O–H groups in total. The number of rotatable bonds is 4. The molecule has 0 aromatic heterocycles. The van der Waals surface area contributed by atoms with Crippen molar-refractivity contribution in [1.29, 1.82) is 0 Å². The van der Waals surface area contributed by atoms with Crippen molar-refractivity contribution in [1.82, 2.24) is 0 Å². The number of nitrogens with one attached hydrogen (secondary N) is 1. The minimum atomic E-state index is -0.527. The highest BCUT2D eigenvalue weighted by Crippen LogP contribution is 2.39. The van der Waals surface area contributed by atoms with Gasteiger partial charge in [0.1, 0.15) is 12.3 Å². The molecule has 1 aliphatic heterocycles. The summed E-state index contributed by atoms with van der Waals surface area (Å²) in [6.45, 7) is 0.204. The number of aliphatic imine (C=N–C) groups is 2. The van der Waals surface area contributed by atoms with Crippen LogP contribution in [0.25, 0.3) is 0 Å². The number of benzene rings is 2. The number of guanidine groups is 2. The minimum Gasteiger partial charge on any atom is -0.444 e. The Hall–Kier alpha value is -3.55. The van der Waals surface area contributed by atoms with Gasteiger partial charge in [-0.15, -0.1) is 0 Å². The molecule has 2 aromatic rings. The van der Waals surface area contributed by atoms with Crippen molar-refractivity contribution in [2.45, 2.75) is 44.4 Å². The van der Waals surface area contributed by atoms with Gasteiger partial charge in [0.2, 0.25) is 11.9 Å². The molecule has 2 aromatic carbocycles. The summed E-state index contributed by atoms with van der Waals surface area (Å²) in [4.78, 5) is 23.0. The Morgan fingerprint density at radius 2 is 1.83 bits per heavy atom. The molecule has 1 spiro atoms. The standard InChI is InChI=1S/C22H26N6O2/c23-19-26-20(24)28(22(27-19)12-5-2-6-13-22)18-11-7-10-17(14-18)25-21(29)30-15-16-8-3-1-4-9-16/h1,3-4,7-11,14H,2,5-6,12-13,15H2,(H,25,29)(H4,23,24,26,27). The van der Waals surface area contributed by atoms with E-state index in [0.717, 1.165) is 43.4 Å². The Morgan fingerprint density at radius 1 is 1.07 bits per heavy atom. The van der Waals surface area contributed by atoms with Crippen molar-refractivity contribution in [3.8, 4) is 0 Å². The maximum absolute atomic E-state index is 12.2. The zero-order chi connectivity index (χ0) is 21.0. The third-order valence-electron chi connectivity index (χ3n) is 5.41. The maximum atomic E-state index is 12.2. The van der Waals surface area contributed by atoms with Crippen LogP contribution in [0.2, 0.25) is 0 Å². The van der Waals surface area contributed by atoms with Crippen LogP contribution in [0.4, 0.5) is 16.2 Å². The molecule has 0 saturated heterocycles. The van der Waals surface area contributed by atoms with E-state index in [4.69, 9.17) is 16.2 Å². The number of amides is 1. The molecular formula is C22H26N6O2. The average Bonchev–Trinajstić information content (AvgIpc) is 2.73. The van der Waals surface area contributed by atoms with Gasteiger partial charge in [-0.1, -0.05) is 42.8 Å². The second-order valence-corrected chi connectivity index (χ2v) is 7.56. The van der Waals surface area contributed by atoms with Gasteiger partial charge < -0.3 is 16.2 Å². The third-order valence-corrected chi connectivity index (χ3v) is 5.41. The second-order valence-electron chi connectivity index (χ2n) is 7.56. The number of carbonyl (C=O) groups is 1. The highest BCUT2D eigenvalue weighted by molar-refractivity contribution is 6.06. The van der Waals surface area contributed by atoms with E-state index < -0.39 is 11.8 Å². The minimum absolute atomic E-state index is 0.204. The number of hydrogen-bond donors (Lipinski definition) is 3. The lowest BCUT2D eigenvalue weighted by atomic mass is 9.87. The van der Waals surface area contributed by atoms with E-state index >= 15 is 0 Å². The van der Waals surface area contributed by atoms with E-state index in [9.17, 15) is 4.79 Å². The van der Waals surface area contributed by atoms with Crippen LogP contribution < -0.4 is 21.7 Å². The quantitative estimate of drug-likeness (QED) is 0.718. The number of carbonyl (C=O) groups excluding carboxylic acids is 1. The molecule has 156 valence electrons. The third kappa shape index (κ3) is 4.22. The van der Waals surface area contributed by atoms with Crippen LogP contribution in [0.3, 0.4) is 0 Å². The summed E-state index contributed by atoms with van der Waals surface area (Å²) in [6, 6.07) is 17.0. The largest absolute Gasteiger partial charge is 0.444 e. The Morgan fingerprint density at radius 3 is 2.60 bits per heavy atom. The summed E-state index contributed by atoms with van der Waals surface area (Å²) in [5.41, 5.74) is 14.0. The zero-order valence-corrected chi connectivity index (χ0v) is 16.8. The normalized spacial score (nSPS) is 17.8. The van der Waals surface area contributed by atoms with Crippen LogP contribution in [0.5, 0.6) is 0 Å². The molecule has 0 radical (unpaired) electrons. The summed E-state index contributed by atoms with van der Waals surface area (Å²) >= 11 is 0. The van der Waals surface area contributed by atoms with Gasteiger partial charge in [0.15, 0.2) is 0 Å². The topological polar surface area (TPSA) is 118 Å². The van der Waals surface area contributed by atoms with Gasteiger partial charge in [-0.05, 0) is 49.4 Å². The fourth-order valence-electron chi connectivity index (χ4n) is 4.09. The second kappa shape index (κ2) is 8.44. The van der Waals surface area contributed by atoms with Crippen LogP contribution in [0.15, 0.2) is 64.6 Å². The molecule has 30 heavy (non-hydrogen) atoms. The van der Waals surface area contributed by atoms with Crippen molar-refractivity contribution in [2.24, 2.45) is 21.5 Å². The van der Waals surface area contributed by atoms with Gasteiger partial charge in [0, 0.05) is 11.4 Å². The SMILES string of the molecule is NC1=NC2(CCCCC2)N(c2cccc(NC(=O)OCc3ccccc3)c2)C(N)=N1. The van der Waals surface area contributed by atoms with Gasteiger partial charge in [-0.2, -0.15) is 4.99 Å². The van der Waals surface area contributed by atoms with Gasteiger partial charge in [-0.3, -0.25) is 10.2 Å². The summed E-state index contributed by atoms with van der Waals surface area (Å²) in [7, 11) is 0. The number of anilines is 2. The predicted octanol–water partition coefficient (Wildman–Crippen LogP) is 3.55. The van der Waals surface area contributed by atoms with Crippen LogP contribution in [0, 0.1) is 0 Å². The van der Waals surface area contributed by atoms with E-state index in [1.165, 1.54) is 0 Å². The summed E-state index contributed by atoms with van der Waals surface area (Å²) in [5.74, 6) is 0.526. The first kappa shape index (κ1) is 19.8. The molecule has 1 aliphatic carbocycles. The van der Waals surface area contributed by atoms with Gasteiger partial charge in [-0.25, -0.2) is 9.79 Å². The van der Waals surface area contributed by atoms with Crippen LogP contribution >= 0.6 is 0 Å². The molecule has 1 heterocycles. The van der Waals surface area contributed by atoms with Gasteiger partial charge >= 0.3 is 6.09 Å². The molecule has 4 rings (SSSR count). The van der Waals surface area contributed by atoms with E-state index in [-0.39, 0.29) is 12.6 Å². The van der Waals surface area contributed by atoms with Gasteiger partial charge in [0.25, 0.3) is 0 Å². The van der Waals surface area contributed by atoms with E-state index in [1.54, 1.807) is 6.07 Å². The monoisotopic (exact) mass is 406 g/mol. The Labute approximate surface area is 175 Å². The molecule has 0 unspecified atom stereocenters. The predicted molar refractivity (Wildman–Crippen MR) is 118 cm³/mol. The molecule has 0 atom stereocenters. The fourth-order valence-corrected chi connectivity index (χ4v) is 4.09. The molecule has 8 heteroatoms. The van der Waals surface area contributed by atoms with Crippen molar-refractivity contribution in [3.05, 3.63) is 60.2 Å². The first-order valence-electron chi connectivity index (χ1n) is 10.1. The number of nitrogens with two attached hydrogens (primary N) is 2. The lowest BCUT2D eigenvalue weighted by Gasteiger charge is -2.45. The van der Waals surface area contributed by atoms with Crippen LogP contribution in [-0.2, 0) is 11.3 Å². The Bertz CT molecular complexity index is 967. The highest BCUT2D eigenvalue weighted by Gasteiger charge is 2.42. The average molecular weight is 406 g/mol. The van der Waals surface area contributed by atoms with Gasteiger partial charge in [0.05, 0.1) is 0 Å². The Balaban J connectivity index is 1.51. The summed E-state index contributed by atoms with van der Waals surface area (Å²) < 4.78 is 5.31. The molecule has 1 saturated carbocycles.